The van der Waals surface area contributed by atoms with Gasteiger partial charge < -0.3 is 15.4 Å². The van der Waals surface area contributed by atoms with Crippen LogP contribution < -0.4 is 5.73 Å². The molecule has 0 aliphatic carbocycles. The Labute approximate surface area is 122 Å². The molecule has 1 aromatic rings. The Hall–Kier alpha value is -1.75. The molecule has 0 aromatic heterocycles. The fourth-order valence-corrected chi connectivity index (χ4v) is 2.62. The molecular weight excluding hydrogens is 280 g/mol. The van der Waals surface area contributed by atoms with Gasteiger partial charge in [0.15, 0.2) is 0 Å². The van der Waals surface area contributed by atoms with Crippen molar-refractivity contribution in [1.82, 2.24) is 4.90 Å². The van der Waals surface area contributed by atoms with Gasteiger partial charge in [0.05, 0.1) is 10.6 Å². The monoisotopic (exact) mass is 296 g/mol. The topological polar surface area (TPSA) is 72.6 Å². The maximum Gasteiger partial charge on any atom is 0.404 e. The van der Waals surface area contributed by atoms with E-state index < -0.39 is 6.09 Å². The van der Waals surface area contributed by atoms with Gasteiger partial charge in [0.25, 0.3) is 5.91 Å². The van der Waals surface area contributed by atoms with Crippen molar-refractivity contribution in [1.29, 1.82) is 0 Å². The maximum atomic E-state index is 12.4. The van der Waals surface area contributed by atoms with Gasteiger partial charge in [-0.25, -0.2) is 4.79 Å². The zero-order valence-electron chi connectivity index (χ0n) is 11.3. The summed E-state index contributed by atoms with van der Waals surface area (Å²) in [5, 5.41) is 0.463. The molecule has 108 valence electrons. The number of nitrogens with two attached hydrogens (primary N) is 1. The predicted molar refractivity (Wildman–Crippen MR) is 75.8 cm³/mol. The average Bonchev–Trinajstić information content (AvgIpc) is 2.38. The molecule has 2 amide bonds. The average molecular weight is 297 g/mol. The summed E-state index contributed by atoms with van der Waals surface area (Å²) in [5.41, 5.74) is 6.50. The molecule has 0 bridgehead atoms. The number of benzene rings is 1. The molecular formula is C14H17ClN2O3. The summed E-state index contributed by atoms with van der Waals surface area (Å²) in [6.07, 6.45) is 0.220. The van der Waals surface area contributed by atoms with Crippen molar-refractivity contribution < 1.29 is 14.3 Å². The number of amides is 2. The fraction of sp³-hybridized carbons (Fsp3) is 0.429. The van der Waals surface area contributed by atoms with Crippen LogP contribution in [-0.2, 0) is 4.74 Å². The molecule has 1 saturated heterocycles. The number of carbonyl (C=O) groups is 2. The lowest BCUT2D eigenvalue weighted by Crippen LogP contribution is -2.42. The molecule has 0 spiro atoms. The van der Waals surface area contributed by atoms with E-state index in [2.05, 4.69) is 0 Å². The van der Waals surface area contributed by atoms with E-state index in [1.165, 1.54) is 0 Å². The number of likely N-dealkylation sites (tertiary alicyclic amines) is 1. The zero-order valence-corrected chi connectivity index (χ0v) is 12.0. The SMILES string of the molecule is Cc1ccc(C(=O)N2CCC(OC(N)=O)CC2)c(Cl)c1. The van der Waals surface area contributed by atoms with Gasteiger partial charge in [0.2, 0.25) is 0 Å². The quantitative estimate of drug-likeness (QED) is 0.910. The van der Waals surface area contributed by atoms with Crippen LogP contribution in [0, 0.1) is 6.92 Å². The van der Waals surface area contributed by atoms with Gasteiger partial charge in [-0.05, 0) is 24.6 Å². The lowest BCUT2D eigenvalue weighted by molar-refractivity contribution is 0.0455. The van der Waals surface area contributed by atoms with E-state index in [-0.39, 0.29) is 12.0 Å². The number of piperidine rings is 1. The molecule has 0 radical (unpaired) electrons. The molecule has 0 atom stereocenters. The summed E-state index contributed by atoms with van der Waals surface area (Å²) in [7, 11) is 0. The molecule has 0 saturated carbocycles. The lowest BCUT2D eigenvalue weighted by atomic mass is 10.1. The first kappa shape index (κ1) is 14.7. The van der Waals surface area contributed by atoms with Crippen molar-refractivity contribution in [3.63, 3.8) is 0 Å². The lowest BCUT2D eigenvalue weighted by Gasteiger charge is -2.31. The second-order valence-electron chi connectivity index (χ2n) is 4.91. The first-order valence-electron chi connectivity index (χ1n) is 6.49. The van der Waals surface area contributed by atoms with E-state index in [9.17, 15) is 9.59 Å². The number of aryl methyl sites for hydroxylation is 1. The van der Waals surface area contributed by atoms with Crippen molar-refractivity contribution in [2.24, 2.45) is 5.73 Å². The minimum atomic E-state index is -0.767. The van der Waals surface area contributed by atoms with Crippen LogP contribution in [0.1, 0.15) is 28.8 Å². The maximum absolute atomic E-state index is 12.4. The molecule has 1 fully saturated rings. The summed E-state index contributed by atoms with van der Waals surface area (Å²) in [6.45, 7) is 2.98. The summed E-state index contributed by atoms with van der Waals surface area (Å²) >= 11 is 6.11. The number of hydrogen-bond acceptors (Lipinski definition) is 3. The smallest absolute Gasteiger partial charge is 0.404 e. The van der Waals surface area contributed by atoms with Crippen molar-refractivity contribution >= 4 is 23.6 Å². The minimum absolute atomic E-state index is 0.0903. The predicted octanol–water partition coefficient (Wildman–Crippen LogP) is 2.35. The van der Waals surface area contributed by atoms with Crippen LogP contribution >= 0.6 is 11.6 Å². The molecule has 1 aliphatic heterocycles. The van der Waals surface area contributed by atoms with Gasteiger partial charge in [-0.2, -0.15) is 0 Å². The molecule has 1 heterocycles. The Morgan fingerprint density at radius 3 is 2.55 bits per heavy atom. The van der Waals surface area contributed by atoms with E-state index in [0.29, 0.717) is 36.5 Å². The third-order valence-electron chi connectivity index (χ3n) is 3.37. The standard InChI is InChI=1S/C14H17ClN2O3/c1-9-2-3-11(12(15)8-9)13(18)17-6-4-10(5-7-17)20-14(16)19/h2-3,8,10H,4-7H2,1H3,(H2,16,19). The number of primary amides is 1. The summed E-state index contributed by atoms with van der Waals surface area (Å²) in [6, 6.07) is 5.38. The second kappa shape index (κ2) is 6.13. The van der Waals surface area contributed by atoms with Crippen LogP contribution in [0.4, 0.5) is 4.79 Å². The van der Waals surface area contributed by atoms with Crippen molar-refractivity contribution in [3.8, 4) is 0 Å². The molecule has 5 nitrogen and oxygen atoms in total. The largest absolute Gasteiger partial charge is 0.446 e. The molecule has 1 aromatic carbocycles. The molecule has 2 N–H and O–H groups in total. The van der Waals surface area contributed by atoms with E-state index >= 15 is 0 Å². The summed E-state index contributed by atoms with van der Waals surface area (Å²) in [5.74, 6) is -0.0903. The second-order valence-corrected chi connectivity index (χ2v) is 5.32. The van der Waals surface area contributed by atoms with Gasteiger partial charge >= 0.3 is 6.09 Å². The van der Waals surface area contributed by atoms with Gasteiger partial charge in [0, 0.05) is 25.9 Å². The third kappa shape index (κ3) is 3.42. The van der Waals surface area contributed by atoms with Crippen molar-refractivity contribution in [2.75, 3.05) is 13.1 Å². The van der Waals surface area contributed by atoms with Crippen LogP contribution in [0.5, 0.6) is 0 Å². The first-order valence-corrected chi connectivity index (χ1v) is 6.86. The Kier molecular flexibility index (Phi) is 4.49. The summed E-state index contributed by atoms with van der Waals surface area (Å²) < 4.78 is 4.94. The Morgan fingerprint density at radius 1 is 1.35 bits per heavy atom. The van der Waals surface area contributed by atoms with Crippen LogP contribution in [0.15, 0.2) is 18.2 Å². The minimum Gasteiger partial charge on any atom is -0.446 e. The van der Waals surface area contributed by atoms with E-state index in [1.807, 2.05) is 13.0 Å². The van der Waals surface area contributed by atoms with Crippen LogP contribution in [0.2, 0.25) is 5.02 Å². The normalized spacial score (nSPS) is 16.0. The van der Waals surface area contributed by atoms with E-state index in [1.54, 1.807) is 17.0 Å². The fourth-order valence-electron chi connectivity index (χ4n) is 2.30. The highest BCUT2D eigenvalue weighted by Crippen LogP contribution is 2.22. The first-order chi connectivity index (χ1) is 9.47. The molecule has 1 aliphatic rings. The number of carbonyl (C=O) groups excluding carboxylic acids is 2. The Balaban J connectivity index is 1.99. The molecule has 6 heteroatoms. The van der Waals surface area contributed by atoms with E-state index in [4.69, 9.17) is 22.1 Å². The van der Waals surface area contributed by atoms with Gasteiger partial charge in [-0.3, -0.25) is 4.79 Å². The number of halogens is 1. The third-order valence-corrected chi connectivity index (χ3v) is 3.68. The molecule has 20 heavy (non-hydrogen) atoms. The van der Waals surface area contributed by atoms with E-state index in [0.717, 1.165) is 5.56 Å². The van der Waals surface area contributed by atoms with Crippen molar-refractivity contribution in [3.05, 3.63) is 34.3 Å². The van der Waals surface area contributed by atoms with Gasteiger partial charge in [0.1, 0.15) is 6.10 Å². The van der Waals surface area contributed by atoms with Crippen LogP contribution in [0.3, 0.4) is 0 Å². The summed E-state index contributed by atoms with van der Waals surface area (Å²) in [4.78, 5) is 24.8. The highest BCUT2D eigenvalue weighted by atomic mass is 35.5. The highest BCUT2D eigenvalue weighted by molar-refractivity contribution is 6.33. The van der Waals surface area contributed by atoms with Gasteiger partial charge in [-0.1, -0.05) is 17.7 Å². The van der Waals surface area contributed by atoms with Crippen LogP contribution in [0.25, 0.3) is 0 Å². The van der Waals surface area contributed by atoms with Crippen molar-refractivity contribution in [2.45, 2.75) is 25.9 Å². The Bertz CT molecular complexity index is 525. The highest BCUT2D eigenvalue weighted by Gasteiger charge is 2.26. The molecule has 2 rings (SSSR count). The number of nitrogens with zero attached hydrogens (tertiary/aromatic N) is 1. The number of hydrogen-bond donors (Lipinski definition) is 1. The Morgan fingerprint density at radius 2 is 2.00 bits per heavy atom. The number of rotatable bonds is 2. The molecule has 0 unspecified atom stereocenters. The number of ether oxygens (including phenoxy) is 1. The van der Waals surface area contributed by atoms with Crippen LogP contribution in [-0.4, -0.2) is 36.1 Å². The van der Waals surface area contributed by atoms with Gasteiger partial charge in [-0.15, -0.1) is 0 Å². The zero-order chi connectivity index (χ0) is 14.7.